The average Bonchev–Trinajstić information content (AvgIpc) is 2.18. The van der Waals surface area contributed by atoms with Crippen LogP contribution in [0.15, 0.2) is 0 Å². The third-order valence-corrected chi connectivity index (χ3v) is 4.58. The number of ketones is 1. The minimum Gasteiger partial charge on any atom is -0.330 e. The first-order valence-corrected chi connectivity index (χ1v) is 7.59. The minimum absolute atomic E-state index is 0.0869. The average molecular weight is 249 g/mol. The zero-order valence-corrected chi connectivity index (χ0v) is 11.2. The first-order chi connectivity index (χ1) is 7.34. The summed E-state index contributed by atoms with van der Waals surface area (Å²) in [6.07, 6.45) is 0.734. The molecule has 0 bridgehead atoms. The van der Waals surface area contributed by atoms with Crippen molar-refractivity contribution in [3.05, 3.63) is 0 Å². The van der Waals surface area contributed by atoms with Gasteiger partial charge in [-0.25, -0.2) is 8.42 Å². The number of hydrogen-bond donors (Lipinski definition) is 1. The van der Waals surface area contributed by atoms with E-state index in [1.54, 1.807) is 6.92 Å². The molecule has 0 aromatic rings. The van der Waals surface area contributed by atoms with Crippen molar-refractivity contribution in [1.82, 2.24) is 0 Å². The van der Waals surface area contributed by atoms with Gasteiger partial charge in [0, 0.05) is 24.6 Å². The van der Waals surface area contributed by atoms with Crippen LogP contribution in [0.2, 0.25) is 0 Å². The molecule has 96 valence electrons. The molecular formula is C11H23NO3S. The molecule has 0 rings (SSSR count). The minimum atomic E-state index is -2.95. The maximum atomic E-state index is 11.7. The Morgan fingerprint density at radius 2 is 1.88 bits per heavy atom. The molecule has 0 spiro atoms. The molecule has 5 heteroatoms. The van der Waals surface area contributed by atoms with Crippen LogP contribution in [0.1, 0.15) is 33.6 Å². The standard InChI is InChI=1S/C11H23NO3S/c1-4-16(14,15)7-5-6-11(13)10(8-12)9(2)3/h9-10H,4-8,12H2,1-3H3. The van der Waals surface area contributed by atoms with Crippen molar-refractivity contribution in [3.63, 3.8) is 0 Å². The Bertz CT molecular complexity index is 309. The molecular weight excluding hydrogens is 226 g/mol. The lowest BCUT2D eigenvalue weighted by Crippen LogP contribution is -2.28. The van der Waals surface area contributed by atoms with Gasteiger partial charge >= 0.3 is 0 Å². The van der Waals surface area contributed by atoms with E-state index in [-0.39, 0.29) is 29.1 Å². The van der Waals surface area contributed by atoms with Crippen LogP contribution in [-0.2, 0) is 14.6 Å². The Balaban J connectivity index is 4.08. The Morgan fingerprint density at radius 3 is 2.25 bits per heavy atom. The normalized spacial score (nSPS) is 14.1. The van der Waals surface area contributed by atoms with E-state index < -0.39 is 9.84 Å². The van der Waals surface area contributed by atoms with E-state index in [4.69, 9.17) is 5.73 Å². The molecule has 0 saturated heterocycles. The lowest BCUT2D eigenvalue weighted by atomic mass is 9.90. The van der Waals surface area contributed by atoms with Gasteiger partial charge in [-0.1, -0.05) is 20.8 Å². The lowest BCUT2D eigenvalue weighted by Gasteiger charge is -2.17. The Morgan fingerprint density at radius 1 is 1.31 bits per heavy atom. The van der Waals surface area contributed by atoms with Crippen molar-refractivity contribution in [3.8, 4) is 0 Å². The topological polar surface area (TPSA) is 77.2 Å². The maximum absolute atomic E-state index is 11.7. The molecule has 0 saturated carbocycles. The fourth-order valence-corrected chi connectivity index (χ4v) is 2.44. The van der Waals surface area contributed by atoms with Crippen LogP contribution in [0.3, 0.4) is 0 Å². The van der Waals surface area contributed by atoms with E-state index in [0.717, 1.165) is 0 Å². The fraction of sp³-hybridized carbons (Fsp3) is 0.909. The Hall–Kier alpha value is -0.420. The molecule has 0 fully saturated rings. The molecule has 0 amide bonds. The lowest BCUT2D eigenvalue weighted by molar-refractivity contribution is -0.123. The van der Waals surface area contributed by atoms with E-state index in [2.05, 4.69) is 0 Å². The predicted octanol–water partition coefficient (Wildman–Crippen LogP) is 1.00. The highest BCUT2D eigenvalue weighted by Gasteiger charge is 2.20. The number of nitrogens with two attached hydrogens (primary N) is 1. The van der Waals surface area contributed by atoms with Crippen molar-refractivity contribution >= 4 is 15.6 Å². The van der Waals surface area contributed by atoms with Gasteiger partial charge in [0.05, 0.1) is 5.75 Å². The second-order valence-corrected chi connectivity index (χ2v) is 6.87. The van der Waals surface area contributed by atoms with Gasteiger partial charge in [-0.15, -0.1) is 0 Å². The molecule has 0 aromatic carbocycles. The molecule has 0 aliphatic carbocycles. The van der Waals surface area contributed by atoms with Crippen molar-refractivity contribution in [2.45, 2.75) is 33.6 Å². The van der Waals surface area contributed by atoms with Gasteiger partial charge < -0.3 is 5.73 Å². The Labute approximate surface area is 98.5 Å². The largest absolute Gasteiger partial charge is 0.330 e. The molecule has 1 unspecified atom stereocenters. The van der Waals surface area contributed by atoms with E-state index >= 15 is 0 Å². The van der Waals surface area contributed by atoms with Crippen molar-refractivity contribution in [2.75, 3.05) is 18.1 Å². The SMILES string of the molecule is CCS(=O)(=O)CCCC(=O)C(CN)C(C)C. The third kappa shape index (κ3) is 5.61. The summed E-state index contributed by atoms with van der Waals surface area (Å²) in [6.45, 7) is 5.88. The second-order valence-electron chi connectivity index (χ2n) is 4.39. The number of carbonyl (C=O) groups is 1. The second kappa shape index (κ2) is 7.01. The van der Waals surface area contributed by atoms with Gasteiger partial charge in [0.15, 0.2) is 0 Å². The summed E-state index contributed by atoms with van der Waals surface area (Å²) in [5.74, 6) is 0.421. The summed E-state index contributed by atoms with van der Waals surface area (Å²) in [6, 6.07) is 0. The highest BCUT2D eigenvalue weighted by molar-refractivity contribution is 7.91. The van der Waals surface area contributed by atoms with E-state index in [0.29, 0.717) is 19.4 Å². The number of hydrogen-bond acceptors (Lipinski definition) is 4. The summed E-state index contributed by atoms with van der Waals surface area (Å²) >= 11 is 0. The van der Waals surface area contributed by atoms with Crippen LogP contribution in [0.4, 0.5) is 0 Å². The number of rotatable bonds is 8. The molecule has 4 nitrogen and oxygen atoms in total. The highest BCUT2D eigenvalue weighted by Crippen LogP contribution is 2.13. The van der Waals surface area contributed by atoms with Crippen LogP contribution >= 0.6 is 0 Å². The zero-order valence-electron chi connectivity index (χ0n) is 10.4. The van der Waals surface area contributed by atoms with E-state index in [9.17, 15) is 13.2 Å². The molecule has 0 heterocycles. The van der Waals surface area contributed by atoms with Crippen LogP contribution in [0.5, 0.6) is 0 Å². The summed E-state index contributed by atoms with van der Waals surface area (Å²) in [5.41, 5.74) is 5.52. The summed E-state index contributed by atoms with van der Waals surface area (Å²) in [5, 5.41) is 0. The monoisotopic (exact) mass is 249 g/mol. The summed E-state index contributed by atoms with van der Waals surface area (Å²) < 4.78 is 22.4. The van der Waals surface area contributed by atoms with Crippen LogP contribution in [-0.4, -0.2) is 32.3 Å². The third-order valence-electron chi connectivity index (χ3n) is 2.79. The maximum Gasteiger partial charge on any atom is 0.150 e. The smallest absolute Gasteiger partial charge is 0.150 e. The van der Waals surface area contributed by atoms with Crippen molar-refractivity contribution < 1.29 is 13.2 Å². The van der Waals surface area contributed by atoms with Gasteiger partial charge in [0.2, 0.25) is 0 Å². The number of sulfone groups is 1. The van der Waals surface area contributed by atoms with Crippen LogP contribution in [0, 0.1) is 11.8 Å². The van der Waals surface area contributed by atoms with E-state index in [1.807, 2.05) is 13.8 Å². The molecule has 0 aliphatic heterocycles. The zero-order chi connectivity index (χ0) is 12.8. The summed E-state index contributed by atoms with van der Waals surface area (Å²) in [4.78, 5) is 11.7. The highest BCUT2D eigenvalue weighted by atomic mass is 32.2. The van der Waals surface area contributed by atoms with Gasteiger partial charge in [0.1, 0.15) is 15.6 Å². The number of Topliss-reactive ketones (excluding diaryl/α,β-unsaturated/α-hetero) is 1. The number of carbonyl (C=O) groups excluding carboxylic acids is 1. The molecule has 0 radical (unpaired) electrons. The van der Waals surface area contributed by atoms with Crippen molar-refractivity contribution in [1.29, 1.82) is 0 Å². The first-order valence-electron chi connectivity index (χ1n) is 5.77. The molecule has 0 aromatic heterocycles. The molecule has 1 atom stereocenters. The summed E-state index contributed by atoms with van der Waals surface area (Å²) in [7, 11) is -2.95. The van der Waals surface area contributed by atoms with Gasteiger partial charge in [-0.3, -0.25) is 4.79 Å². The van der Waals surface area contributed by atoms with Gasteiger partial charge in [-0.2, -0.15) is 0 Å². The van der Waals surface area contributed by atoms with Gasteiger partial charge in [0.25, 0.3) is 0 Å². The van der Waals surface area contributed by atoms with Crippen molar-refractivity contribution in [2.24, 2.45) is 17.6 Å². The Kier molecular flexibility index (Phi) is 6.83. The quantitative estimate of drug-likeness (QED) is 0.696. The van der Waals surface area contributed by atoms with Crippen LogP contribution < -0.4 is 5.73 Å². The first kappa shape index (κ1) is 15.6. The van der Waals surface area contributed by atoms with Crippen LogP contribution in [0.25, 0.3) is 0 Å². The molecule has 16 heavy (non-hydrogen) atoms. The molecule has 0 aliphatic rings. The van der Waals surface area contributed by atoms with E-state index in [1.165, 1.54) is 0 Å². The molecule has 2 N–H and O–H groups in total. The van der Waals surface area contributed by atoms with Gasteiger partial charge in [-0.05, 0) is 12.3 Å². The fourth-order valence-electron chi connectivity index (χ4n) is 1.57. The predicted molar refractivity (Wildman–Crippen MR) is 66.0 cm³/mol.